The van der Waals surface area contributed by atoms with Crippen LogP contribution in [0.25, 0.3) is 0 Å². The van der Waals surface area contributed by atoms with Crippen LogP contribution in [0, 0.1) is 0 Å². The summed E-state index contributed by atoms with van der Waals surface area (Å²) in [5.74, 6) is 0.765. The fourth-order valence-corrected chi connectivity index (χ4v) is 4.31. The van der Waals surface area contributed by atoms with Crippen LogP contribution in [-0.4, -0.2) is 80.7 Å². The van der Waals surface area contributed by atoms with E-state index in [2.05, 4.69) is 50.9 Å². The summed E-state index contributed by atoms with van der Waals surface area (Å²) in [4.78, 5) is 20.5. The standard InChI is InChI=1S/C25H41N5O2.HI/c1-29(2)24(31)19-27-25(28-22-11-6-7-12-22)26-15-8-18-32-23-13-16-30(17-14-23)20-21-9-4-3-5-10-21;/h3-5,9-10,22-23H,6-8,11-20H2,1-2H3,(H2,26,27,28);1H. The number of likely N-dealkylation sites (N-methyl/N-ethyl adjacent to an activating group) is 1. The van der Waals surface area contributed by atoms with Crippen molar-refractivity contribution in [3.05, 3.63) is 35.9 Å². The monoisotopic (exact) mass is 571 g/mol. The Bertz CT molecular complexity index is 702. The lowest BCUT2D eigenvalue weighted by Gasteiger charge is -2.32. The molecule has 0 radical (unpaired) electrons. The lowest BCUT2D eigenvalue weighted by Crippen LogP contribution is -2.43. The Balaban J connectivity index is 0.00000385. The van der Waals surface area contributed by atoms with Gasteiger partial charge in [-0.25, -0.2) is 4.99 Å². The number of aliphatic imine (C=N–C) groups is 1. The molecule has 1 saturated carbocycles. The van der Waals surface area contributed by atoms with Crippen molar-refractivity contribution in [1.82, 2.24) is 20.4 Å². The number of hydrogen-bond acceptors (Lipinski definition) is 4. The van der Waals surface area contributed by atoms with Crippen LogP contribution in [0.1, 0.15) is 50.5 Å². The summed E-state index contributed by atoms with van der Waals surface area (Å²) in [6.07, 6.45) is 8.37. The minimum Gasteiger partial charge on any atom is -0.378 e. The van der Waals surface area contributed by atoms with Crippen molar-refractivity contribution >= 4 is 35.8 Å². The normalized spacial score (nSPS) is 18.1. The summed E-state index contributed by atoms with van der Waals surface area (Å²) >= 11 is 0. The number of amides is 1. The molecule has 0 aromatic heterocycles. The lowest BCUT2D eigenvalue weighted by molar-refractivity contribution is -0.127. The van der Waals surface area contributed by atoms with Crippen LogP contribution in [0.5, 0.6) is 0 Å². The van der Waals surface area contributed by atoms with Crippen LogP contribution in [0.15, 0.2) is 35.3 Å². The number of carbonyl (C=O) groups excluding carboxylic acids is 1. The van der Waals surface area contributed by atoms with E-state index in [1.165, 1.54) is 31.2 Å². The highest BCUT2D eigenvalue weighted by Crippen LogP contribution is 2.18. The molecule has 2 fully saturated rings. The largest absolute Gasteiger partial charge is 0.378 e. The summed E-state index contributed by atoms with van der Waals surface area (Å²) in [5, 5.41) is 6.89. The zero-order valence-electron chi connectivity index (χ0n) is 20.3. The van der Waals surface area contributed by atoms with Crippen molar-refractivity contribution in [2.75, 3.05) is 46.9 Å². The molecule has 1 aromatic carbocycles. The minimum atomic E-state index is 0. The van der Waals surface area contributed by atoms with E-state index in [0.29, 0.717) is 12.1 Å². The van der Waals surface area contributed by atoms with E-state index in [0.717, 1.165) is 58.0 Å². The van der Waals surface area contributed by atoms with Gasteiger partial charge in [-0.15, -0.1) is 24.0 Å². The first kappa shape index (κ1) is 27.9. The van der Waals surface area contributed by atoms with Gasteiger partial charge in [-0.3, -0.25) is 9.69 Å². The van der Waals surface area contributed by atoms with E-state index in [1.807, 2.05) is 0 Å². The van der Waals surface area contributed by atoms with Gasteiger partial charge in [-0.1, -0.05) is 43.2 Å². The first-order valence-electron chi connectivity index (χ1n) is 12.2. The van der Waals surface area contributed by atoms with Crippen molar-refractivity contribution in [2.45, 2.75) is 63.6 Å². The summed E-state index contributed by atoms with van der Waals surface area (Å²) in [5.41, 5.74) is 1.38. The third-order valence-electron chi connectivity index (χ3n) is 6.32. The topological polar surface area (TPSA) is 69.2 Å². The van der Waals surface area contributed by atoms with Gasteiger partial charge in [0.1, 0.15) is 6.54 Å². The van der Waals surface area contributed by atoms with Crippen molar-refractivity contribution < 1.29 is 9.53 Å². The number of nitrogens with zero attached hydrogens (tertiary/aromatic N) is 3. The molecule has 0 unspecified atom stereocenters. The Kier molecular flexibility index (Phi) is 13.1. The Hall–Kier alpha value is -1.39. The molecule has 33 heavy (non-hydrogen) atoms. The fourth-order valence-electron chi connectivity index (χ4n) is 4.31. The number of halogens is 1. The first-order chi connectivity index (χ1) is 15.6. The maximum Gasteiger partial charge on any atom is 0.243 e. The van der Waals surface area contributed by atoms with Crippen molar-refractivity contribution in [3.63, 3.8) is 0 Å². The van der Waals surface area contributed by atoms with Crippen LogP contribution < -0.4 is 10.6 Å². The molecule has 7 nitrogen and oxygen atoms in total. The van der Waals surface area contributed by atoms with Gasteiger partial charge in [0.2, 0.25) is 5.91 Å². The Labute approximate surface area is 216 Å². The molecule has 2 aliphatic rings. The minimum absolute atomic E-state index is 0. The van der Waals surface area contributed by atoms with Gasteiger partial charge in [0.05, 0.1) is 6.10 Å². The maximum absolute atomic E-state index is 11.9. The smallest absolute Gasteiger partial charge is 0.243 e. The quantitative estimate of drug-likeness (QED) is 0.196. The number of likely N-dealkylation sites (tertiary alicyclic amines) is 1. The molecule has 1 amide bonds. The van der Waals surface area contributed by atoms with Gasteiger partial charge >= 0.3 is 0 Å². The SMILES string of the molecule is CN(C)C(=O)CN=C(NCCCOC1CCN(Cc2ccccc2)CC1)NC1CCCC1.I. The number of hydrogen-bond donors (Lipinski definition) is 2. The van der Waals surface area contributed by atoms with Gasteiger partial charge in [0.25, 0.3) is 0 Å². The van der Waals surface area contributed by atoms with Crippen LogP contribution in [0.2, 0.25) is 0 Å². The second-order valence-electron chi connectivity index (χ2n) is 9.19. The zero-order chi connectivity index (χ0) is 22.6. The molecule has 0 spiro atoms. The number of carbonyl (C=O) groups is 1. The first-order valence-corrected chi connectivity index (χ1v) is 12.2. The van der Waals surface area contributed by atoms with Crippen LogP contribution in [0.3, 0.4) is 0 Å². The number of ether oxygens (including phenoxy) is 1. The van der Waals surface area contributed by atoms with Gasteiger partial charge in [0, 0.05) is 52.9 Å². The van der Waals surface area contributed by atoms with Gasteiger partial charge < -0.3 is 20.3 Å². The van der Waals surface area contributed by atoms with E-state index >= 15 is 0 Å². The molecular formula is C25H42IN5O2. The third kappa shape index (κ3) is 10.6. The highest BCUT2D eigenvalue weighted by Gasteiger charge is 2.20. The van der Waals surface area contributed by atoms with Gasteiger partial charge in [-0.05, 0) is 37.7 Å². The average Bonchev–Trinajstić information content (AvgIpc) is 3.31. The predicted molar refractivity (Wildman–Crippen MR) is 145 cm³/mol. The number of piperidine rings is 1. The average molecular weight is 572 g/mol. The second-order valence-corrected chi connectivity index (χ2v) is 9.19. The summed E-state index contributed by atoms with van der Waals surface area (Å²) in [6.45, 7) is 4.95. The molecule has 1 aliphatic carbocycles. The molecule has 8 heteroatoms. The molecule has 0 bridgehead atoms. The Morgan fingerprint density at radius 1 is 1.12 bits per heavy atom. The third-order valence-corrected chi connectivity index (χ3v) is 6.32. The Morgan fingerprint density at radius 3 is 2.48 bits per heavy atom. The van der Waals surface area contributed by atoms with Crippen molar-refractivity contribution in [2.24, 2.45) is 4.99 Å². The molecule has 1 aromatic rings. The van der Waals surface area contributed by atoms with E-state index < -0.39 is 0 Å². The zero-order valence-corrected chi connectivity index (χ0v) is 22.6. The molecule has 186 valence electrons. The molecule has 1 heterocycles. The van der Waals surface area contributed by atoms with Gasteiger partial charge in [0.15, 0.2) is 5.96 Å². The van der Waals surface area contributed by atoms with E-state index in [4.69, 9.17) is 4.74 Å². The molecule has 1 saturated heterocycles. The number of nitrogens with one attached hydrogen (secondary N) is 2. The fraction of sp³-hybridized carbons (Fsp3) is 0.680. The molecule has 2 N–H and O–H groups in total. The van der Waals surface area contributed by atoms with Crippen LogP contribution in [-0.2, 0) is 16.1 Å². The second kappa shape index (κ2) is 15.5. The van der Waals surface area contributed by atoms with Crippen molar-refractivity contribution in [1.29, 1.82) is 0 Å². The van der Waals surface area contributed by atoms with Crippen LogP contribution >= 0.6 is 24.0 Å². The van der Waals surface area contributed by atoms with E-state index in [1.54, 1.807) is 19.0 Å². The van der Waals surface area contributed by atoms with Gasteiger partial charge in [-0.2, -0.15) is 0 Å². The number of benzene rings is 1. The summed E-state index contributed by atoms with van der Waals surface area (Å²) in [7, 11) is 3.53. The number of rotatable bonds is 10. The highest BCUT2D eigenvalue weighted by molar-refractivity contribution is 14.0. The van der Waals surface area contributed by atoms with E-state index in [-0.39, 0.29) is 36.4 Å². The highest BCUT2D eigenvalue weighted by atomic mass is 127. The molecule has 1 aliphatic heterocycles. The predicted octanol–water partition coefficient (Wildman–Crippen LogP) is 3.24. The molecular weight excluding hydrogens is 529 g/mol. The summed E-state index contributed by atoms with van der Waals surface area (Å²) in [6, 6.07) is 11.2. The lowest BCUT2D eigenvalue weighted by atomic mass is 10.1. The van der Waals surface area contributed by atoms with Crippen molar-refractivity contribution in [3.8, 4) is 0 Å². The number of guanidine groups is 1. The summed E-state index contributed by atoms with van der Waals surface area (Å²) < 4.78 is 6.14. The van der Waals surface area contributed by atoms with Crippen LogP contribution in [0.4, 0.5) is 0 Å². The van der Waals surface area contributed by atoms with E-state index in [9.17, 15) is 4.79 Å². The molecule has 3 rings (SSSR count). The maximum atomic E-state index is 11.9. The Morgan fingerprint density at radius 2 is 1.82 bits per heavy atom. The molecule has 0 atom stereocenters.